The molecule has 1 N–H and O–H groups in total. The number of methoxy groups -OCH3 is 4. The van der Waals surface area contributed by atoms with Crippen LogP contribution in [-0.4, -0.2) is 33.4 Å². The van der Waals surface area contributed by atoms with Crippen molar-refractivity contribution in [2.75, 3.05) is 33.8 Å². The third-order valence-electron chi connectivity index (χ3n) is 3.92. The van der Waals surface area contributed by atoms with E-state index < -0.39 is 0 Å². The molecule has 0 spiro atoms. The minimum atomic E-state index is 0.640. The van der Waals surface area contributed by atoms with Crippen LogP contribution < -0.4 is 24.3 Å². The summed E-state index contributed by atoms with van der Waals surface area (Å²) in [6.45, 7) is 0. The van der Waals surface area contributed by atoms with E-state index in [1.54, 1.807) is 34.6 Å². The summed E-state index contributed by atoms with van der Waals surface area (Å²) in [6, 6.07) is 11.3. The predicted molar refractivity (Wildman–Crippen MR) is 97.7 cm³/mol. The molecule has 0 atom stereocenters. The van der Waals surface area contributed by atoms with Gasteiger partial charge in [-0.1, -0.05) is 0 Å². The number of anilines is 2. The van der Waals surface area contributed by atoms with Gasteiger partial charge < -0.3 is 24.3 Å². The van der Waals surface area contributed by atoms with E-state index >= 15 is 0 Å². The quantitative estimate of drug-likeness (QED) is 0.731. The topological polar surface area (TPSA) is 61.8 Å². The molecule has 0 saturated carbocycles. The summed E-state index contributed by atoms with van der Waals surface area (Å²) in [5.41, 5.74) is 2.51. The van der Waals surface area contributed by atoms with Crippen LogP contribution in [0.25, 0.3) is 10.9 Å². The first-order chi connectivity index (χ1) is 12.2. The highest BCUT2D eigenvalue weighted by Gasteiger charge is 2.12. The lowest BCUT2D eigenvalue weighted by Gasteiger charge is -2.15. The van der Waals surface area contributed by atoms with E-state index in [1.165, 1.54) is 0 Å². The summed E-state index contributed by atoms with van der Waals surface area (Å²) >= 11 is 0. The average molecular weight is 340 g/mol. The number of hydrogen-bond acceptors (Lipinski definition) is 6. The Morgan fingerprint density at radius 2 is 1.44 bits per heavy atom. The third kappa shape index (κ3) is 3.24. The van der Waals surface area contributed by atoms with Crippen molar-refractivity contribution in [3.63, 3.8) is 0 Å². The van der Waals surface area contributed by atoms with Crippen molar-refractivity contribution < 1.29 is 18.9 Å². The van der Waals surface area contributed by atoms with Crippen LogP contribution in [0.4, 0.5) is 11.4 Å². The van der Waals surface area contributed by atoms with Crippen molar-refractivity contribution in [1.82, 2.24) is 4.98 Å². The summed E-state index contributed by atoms with van der Waals surface area (Å²) in [4.78, 5) is 4.41. The highest BCUT2D eigenvalue weighted by molar-refractivity contribution is 5.95. The lowest BCUT2D eigenvalue weighted by atomic mass is 10.1. The molecule has 0 aliphatic carbocycles. The van der Waals surface area contributed by atoms with E-state index in [9.17, 15) is 0 Å². The number of nitrogens with zero attached hydrogens (tertiary/aromatic N) is 1. The molecule has 25 heavy (non-hydrogen) atoms. The van der Waals surface area contributed by atoms with E-state index in [2.05, 4.69) is 10.3 Å². The molecular weight excluding hydrogens is 320 g/mol. The number of aromatic nitrogens is 1. The van der Waals surface area contributed by atoms with E-state index in [0.29, 0.717) is 17.2 Å². The van der Waals surface area contributed by atoms with Crippen LogP contribution in [0.5, 0.6) is 23.0 Å². The van der Waals surface area contributed by atoms with Gasteiger partial charge in [-0.05, 0) is 24.3 Å². The van der Waals surface area contributed by atoms with Gasteiger partial charge in [0.15, 0.2) is 11.5 Å². The lowest BCUT2D eigenvalue weighted by Crippen LogP contribution is -1.98. The SMILES string of the molecule is COc1ccc(Nc2ccnc3cc(OC)c(OC)cc23)c(OC)c1. The molecule has 2 aromatic carbocycles. The maximum atomic E-state index is 5.45. The lowest BCUT2D eigenvalue weighted by molar-refractivity contribution is 0.356. The van der Waals surface area contributed by atoms with Crippen LogP contribution in [-0.2, 0) is 0 Å². The Bertz CT molecular complexity index is 896. The molecular formula is C19H20N2O4. The fourth-order valence-corrected chi connectivity index (χ4v) is 2.63. The Morgan fingerprint density at radius 1 is 0.720 bits per heavy atom. The van der Waals surface area contributed by atoms with Crippen LogP contribution in [0.2, 0.25) is 0 Å². The summed E-state index contributed by atoms with van der Waals surface area (Å²) in [5.74, 6) is 2.70. The Balaban J connectivity index is 2.07. The smallest absolute Gasteiger partial charge is 0.162 e. The van der Waals surface area contributed by atoms with E-state index in [4.69, 9.17) is 18.9 Å². The largest absolute Gasteiger partial charge is 0.497 e. The van der Waals surface area contributed by atoms with Gasteiger partial charge in [-0.3, -0.25) is 4.98 Å². The maximum absolute atomic E-state index is 5.45. The highest BCUT2D eigenvalue weighted by atomic mass is 16.5. The summed E-state index contributed by atoms with van der Waals surface area (Å²) in [7, 11) is 6.46. The summed E-state index contributed by atoms with van der Waals surface area (Å²) in [5, 5.41) is 4.30. The van der Waals surface area contributed by atoms with E-state index in [1.807, 2.05) is 36.4 Å². The van der Waals surface area contributed by atoms with Crippen molar-refractivity contribution >= 4 is 22.3 Å². The van der Waals surface area contributed by atoms with Crippen LogP contribution in [0, 0.1) is 0 Å². The Hall–Kier alpha value is -3.15. The monoisotopic (exact) mass is 340 g/mol. The van der Waals surface area contributed by atoms with Gasteiger partial charge in [0, 0.05) is 29.4 Å². The van der Waals surface area contributed by atoms with E-state index in [-0.39, 0.29) is 0 Å². The molecule has 130 valence electrons. The molecule has 3 rings (SSSR count). The fraction of sp³-hybridized carbons (Fsp3) is 0.211. The van der Waals surface area contributed by atoms with Gasteiger partial charge in [0.1, 0.15) is 11.5 Å². The molecule has 3 aromatic rings. The molecule has 0 aliphatic rings. The Morgan fingerprint density at radius 3 is 2.12 bits per heavy atom. The number of hydrogen-bond donors (Lipinski definition) is 1. The number of benzene rings is 2. The third-order valence-corrected chi connectivity index (χ3v) is 3.92. The second-order valence-corrected chi connectivity index (χ2v) is 5.27. The summed E-state index contributed by atoms with van der Waals surface area (Å²) in [6.07, 6.45) is 1.74. The second kappa shape index (κ2) is 7.17. The van der Waals surface area contributed by atoms with Gasteiger partial charge >= 0.3 is 0 Å². The van der Waals surface area contributed by atoms with Crippen LogP contribution in [0.3, 0.4) is 0 Å². The molecule has 1 heterocycles. The zero-order valence-electron chi connectivity index (χ0n) is 14.6. The first-order valence-electron chi connectivity index (χ1n) is 7.70. The van der Waals surface area contributed by atoms with Gasteiger partial charge in [-0.2, -0.15) is 0 Å². The number of nitrogens with one attached hydrogen (secondary N) is 1. The standard InChI is InChI=1S/C19H20N2O4/c1-22-12-5-6-15(17(9-12)23-2)21-14-7-8-20-16-11-19(25-4)18(24-3)10-13(14)16/h5-11H,1-4H3,(H,20,21). The number of ether oxygens (including phenoxy) is 4. The zero-order chi connectivity index (χ0) is 17.8. The molecule has 0 bridgehead atoms. The van der Waals surface area contributed by atoms with E-state index in [0.717, 1.165) is 28.0 Å². The van der Waals surface area contributed by atoms with Gasteiger partial charge in [0.05, 0.1) is 39.6 Å². The van der Waals surface area contributed by atoms with Crippen LogP contribution >= 0.6 is 0 Å². The Kier molecular flexibility index (Phi) is 4.79. The molecule has 0 saturated heterocycles. The fourth-order valence-electron chi connectivity index (χ4n) is 2.63. The molecule has 0 unspecified atom stereocenters. The zero-order valence-corrected chi connectivity index (χ0v) is 14.6. The summed E-state index contributed by atoms with van der Waals surface area (Å²) < 4.78 is 21.4. The first kappa shape index (κ1) is 16.7. The van der Waals surface area contributed by atoms with Crippen molar-refractivity contribution in [2.45, 2.75) is 0 Å². The normalized spacial score (nSPS) is 10.4. The van der Waals surface area contributed by atoms with Gasteiger partial charge in [0.25, 0.3) is 0 Å². The molecule has 0 fully saturated rings. The van der Waals surface area contributed by atoms with Crippen LogP contribution in [0.1, 0.15) is 0 Å². The van der Waals surface area contributed by atoms with Crippen molar-refractivity contribution in [2.24, 2.45) is 0 Å². The first-order valence-corrected chi connectivity index (χ1v) is 7.70. The van der Waals surface area contributed by atoms with Gasteiger partial charge in [0.2, 0.25) is 0 Å². The predicted octanol–water partition coefficient (Wildman–Crippen LogP) is 4.01. The Labute approximate surface area is 146 Å². The van der Waals surface area contributed by atoms with Crippen molar-refractivity contribution in [3.8, 4) is 23.0 Å². The second-order valence-electron chi connectivity index (χ2n) is 5.27. The minimum Gasteiger partial charge on any atom is -0.497 e. The molecule has 0 amide bonds. The molecule has 6 nitrogen and oxygen atoms in total. The molecule has 0 aliphatic heterocycles. The van der Waals surface area contributed by atoms with Crippen LogP contribution in [0.15, 0.2) is 42.6 Å². The maximum Gasteiger partial charge on any atom is 0.162 e. The average Bonchev–Trinajstić information content (AvgIpc) is 2.67. The van der Waals surface area contributed by atoms with Crippen molar-refractivity contribution in [3.05, 3.63) is 42.6 Å². The minimum absolute atomic E-state index is 0.640. The van der Waals surface area contributed by atoms with Crippen molar-refractivity contribution in [1.29, 1.82) is 0 Å². The highest BCUT2D eigenvalue weighted by Crippen LogP contribution is 2.37. The number of pyridine rings is 1. The molecule has 1 aromatic heterocycles. The molecule has 6 heteroatoms. The number of rotatable bonds is 6. The number of fused-ring (bicyclic) bond motifs is 1. The van der Waals surface area contributed by atoms with Gasteiger partial charge in [-0.25, -0.2) is 0 Å². The molecule has 0 radical (unpaired) electrons. The van der Waals surface area contributed by atoms with Gasteiger partial charge in [-0.15, -0.1) is 0 Å².